The highest BCUT2D eigenvalue weighted by atomic mass is 19.1. The fourth-order valence-electron chi connectivity index (χ4n) is 2.53. The molecule has 0 bridgehead atoms. The van der Waals surface area contributed by atoms with Crippen LogP contribution < -0.4 is 10.6 Å². The van der Waals surface area contributed by atoms with Gasteiger partial charge in [-0.25, -0.2) is 19.0 Å². The van der Waals surface area contributed by atoms with Crippen molar-refractivity contribution in [3.05, 3.63) is 65.5 Å². The summed E-state index contributed by atoms with van der Waals surface area (Å²) >= 11 is 0. The molecule has 0 aliphatic heterocycles. The van der Waals surface area contributed by atoms with E-state index < -0.39 is 11.7 Å². The maximum absolute atomic E-state index is 13.6. The Hall–Kier alpha value is -3.29. The van der Waals surface area contributed by atoms with Gasteiger partial charge in [-0.3, -0.25) is 4.79 Å². The first-order valence-electron chi connectivity index (χ1n) is 8.17. The molecule has 0 saturated heterocycles. The van der Waals surface area contributed by atoms with E-state index in [9.17, 15) is 9.18 Å². The van der Waals surface area contributed by atoms with Gasteiger partial charge in [0.15, 0.2) is 5.82 Å². The van der Waals surface area contributed by atoms with Gasteiger partial charge in [0.2, 0.25) is 0 Å². The lowest BCUT2D eigenvalue weighted by Crippen LogP contribution is -2.29. The zero-order valence-corrected chi connectivity index (χ0v) is 14.5. The number of carbonyl (C=O) groups is 1. The summed E-state index contributed by atoms with van der Waals surface area (Å²) < 4.78 is 15.3. The second-order valence-corrected chi connectivity index (χ2v) is 5.76. The van der Waals surface area contributed by atoms with E-state index in [4.69, 9.17) is 0 Å². The molecular weight excluding hydrogens is 335 g/mol. The molecule has 26 heavy (non-hydrogen) atoms. The smallest absolute Gasteiger partial charge is 0.254 e. The Labute approximate surface area is 150 Å². The van der Waals surface area contributed by atoms with Gasteiger partial charge < -0.3 is 10.6 Å². The lowest BCUT2D eigenvalue weighted by molar-refractivity contribution is 0.0951. The Balaban J connectivity index is 1.56. The van der Waals surface area contributed by atoms with Crippen molar-refractivity contribution < 1.29 is 9.18 Å². The number of carbonyl (C=O) groups excluding carboxylic acids is 1. The van der Waals surface area contributed by atoms with Crippen LogP contribution in [0.2, 0.25) is 0 Å². The molecule has 134 valence electrons. The van der Waals surface area contributed by atoms with Gasteiger partial charge in [-0.1, -0.05) is 12.1 Å². The number of benzene rings is 1. The van der Waals surface area contributed by atoms with Crippen molar-refractivity contribution in [1.82, 2.24) is 25.1 Å². The Morgan fingerprint density at radius 3 is 2.69 bits per heavy atom. The summed E-state index contributed by atoms with van der Waals surface area (Å²) in [6.45, 7) is 4.63. The standard InChI is InChI=1S/C18H19FN6O/c1-12-9-13(2)25(24-12)17-10-16(22-11-23-17)20-7-8-21-18(26)14-5-3-4-6-15(14)19/h3-6,9-11H,7-8H2,1-2H3,(H,21,26)(H,20,22,23). The number of nitrogens with one attached hydrogen (secondary N) is 2. The van der Waals surface area contributed by atoms with E-state index in [2.05, 4.69) is 25.7 Å². The molecule has 0 radical (unpaired) electrons. The predicted molar refractivity (Wildman–Crippen MR) is 95.9 cm³/mol. The van der Waals surface area contributed by atoms with Crippen molar-refractivity contribution in [3.63, 3.8) is 0 Å². The van der Waals surface area contributed by atoms with Gasteiger partial charge in [-0.05, 0) is 32.0 Å². The Kier molecular flexibility index (Phi) is 5.21. The second-order valence-electron chi connectivity index (χ2n) is 5.76. The molecule has 0 aliphatic rings. The van der Waals surface area contributed by atoms with Crippen LogP contribution in [0, 0.1) is 19.7 Å². The van der Waals surface area contributed by atoms with Crippen LogP contribution in [0.25, 0.3) is 5.82 Å². The number of amides is 1. The van der Waals surface area contributed by atoms with Gasteiger partial charge >= 0.3 is 0 Å². The molecule has 7 nitrogen and oxygen atoms in total. The minimum Gasteiger partial charge on any atom is -0.368 e. The molecule has 2 aromatic heterocycles. The lowest BCUT2D eigenvalue weighted by atomic mass is 10.2. The van der Waals surface area contributed by atoms with Gasteiger partial charge in [0.1, 0.15) is 18.0 Å². The number of nitrogens with zero attached hydrogens (tertiary/aromatic N) is 4. The number of halogens is 1. The molecule has 1 aromatic carbocycles. The first kappa shape index (κ1) is 17.5. The molecule has 0 spiro atoms. The summed E-state index contributed by atoms with van der Waals surface area (Å²) in [5.74, 6) is 0.283. The number of rotatable bonds is 6. The Morgan fingerprint density at radius 2 is 1.96 bits per heavy atom. The zero-order chi connectivity index (χ0) is 18.5. The molecule has 0 atom stereocenters. The van der Waals surface area contributed by atoms with Gasteiger partial charge in [0, 0.05) is 24.8 Å². The van der Waals surface area contributed by atoms with E-state index in [-0.39, 0.29) is 5.56 Å². The van der Waals surface area contributed by atoms with Crippen molar-refractivity contribution in [2.75, 3.05) is 18.4 Å². The minimum atomic E-state index is -0.539. The van der Waals surface area contributed by atoms with Crippen LogP contribution in [0.5, 0.6) is 0 Å². The van der Waals surface area contributed by atoms with Crippen molar-refractivity contribution in [3.8, 4) is 5.82 Å². The maximum atomic E-state index is 13.6. The van der Waals surface area contributed by atoms with E-state index in [0.29, 0.717) is 24.7 Å². The third kappa shape index (κ3) is 4.02. The molecule has 0 unspecified atom stereocenters. The van der Waals surface area contributed by atoms with Crippen LogP contribution in [0.15, 0.2) is 42.7 Å². The molecule has 2 N–H and O–H groups in total. The SMILES string of the molecule is Cc1cc(C)n(-c2cc(NCCNC(=O)c3ccccc3F)ncn2)n1. The van der Waals surface area contributed by atoms with Crippen molar-refractivity contribution in [2.45, 2.75) is 13.8 Å². The van der Waals surface area contributed by atoms with E-state index >= 15 is 0 Å². The van der Waals surface area contributed by atoms with Crippen LogP contribution in [-0.2, 0) is 0 Å². The summed E-state index contributed by atoms with van der Waals surface area (Å²) in [4.78, 5) is 20.3. The molecule has 0 saturated carbocycles. The summed E-state index contributed by atoms with van der Waals surface area (Å²) in [7, 11) is 0. The average Bonchev–Trinajstić information content (AvgIpc) is 2.97. The molecule has 8 heteroatoms. The molecule has 2 heterocycles. The molecule has 3 rings (SSSR count). The fourth-order valence-corrected chi connectivity index (χ4v) is 2.53. The number of aromatic nitrogens is 4. The highest BCUT2D eigenvalue weighted by Crippen LogP contribution is 2.12. The summed E-state index contributed by atoms with van der Waals surface area (Å²) in [6, 6.07) is 9.62. The lowest BCUT2D eigenvalue weighted by Gasteiger charge is -2.09. The number of aryl methyl sites for hydroxylation is 2. The van der Waals surface area contributed by atoms with E-state index in [1.165, 1.54) is 18.5 Å². The maximum Gasteiger partial charge on any atom is 0.254 e. The average molecular weight is 354 g/mol. The Bertz CT molecular complexity index is 924. The quantitative estimate of drug-likeness (QED) is 0.663. The third-order valence-corrected chi connectivity index (χ3v) is 3.71. The normalized spacial score (nSPS) is 10.6. The zero-order valence-electron chi connectivity index (χ0n) is 14.5. The van der Waals surface area contributed by atoms with Crippen molar-refractivity contribution in [1.29, 1.82) is 0 Å². The first-order valence-corrected chi connectivity index (χ1v) is 8.17. The van der Waals surface area contributed by atoms with E-state index in [1.54, 1.807) is 22.9 Å². The van der Waals surface area contributed by atoms with Crippen LogP contribution >= 0.6 is 0 Å². The largest absolute Gasteiger partial charge is 0.368 e. The minimum absolute atomic E-state index is 0.0290. The van der Waals surface area contributed by atoms with Crippen molar-refractivity contribution >= 4 is 11.7 Å². The highest BCUT2D eigenvalue weighted by molar-refractivity contribution is 5.94. The number of hydrogen-bond acceptors (Lipinski definition) is 5. The van der Waals surface area contributed by atoms with Crippen LogP contribution in [0.1, 0.15) is 21.7 Å². The van der Waals surface area contributed by atoms with Crippen molar-refractivity contribution in [2.24, 2.45) is 0 Å². The third-order valence-electron chi connectivity index (χ3n) is 3.71. The molecular formula is C18H19FN6O. The topological polar surface area (TPSA) is 84.7 Å². The van der Waals surface area contributed by atoms with Crippen LogP contribution in [0.4, 0.5) is 10.2 Å². The monoisotopic (exact) mass is 354 g/mol. The van der Waals surface area contributed by atoms with Crippen LogP contribution in [-0.4, -0.2) is 38.7 Å². The first-order chi connectivity index (χ1) is 12.5. The molecule has 3 aromatic rings. The van der Waals surface area contributed by atoms with E-state index in [1.807, 2.05) is 19.9 Å². The fraction of sp³-hybridized carbons (Fsp3) is 0.222. The summed E-state index contributed by atoms with van der Waals surface area (Å²) in [5.41, 5.74) is 1.91. The van der Waals surface area contributed by atoms with E-state index in [0.717, 1.165) is 11.4 Å². The van der Waals surface area contributed by atoms with Gasteiger partial charge in [-0.15, -0.1) is 0 Å². The predicted octanol–water partition coefficient (Wildman–Crippen LogP) is 2.26. The molecule has 0 fully saturated rings. The van der Waals surface area contributed by atoms with Crippen LogP contribution in [0.3, 0.4) is 0 Å². The Morgan fingerprint density at radius 1 is 1.15 bits per heavy atom. The van der Waals surface area contributed by atoms with Gasteiger partial charge in [0.25, 0.3) is 5.91 Å². The van der Waals surface area contributed by atoms with Gasteiger partial charge in [-0.2, -0.15) is 5.10 Å². The second kappa shape index (κ2) is 7.73. The molecule has 1 amide bonds. The highest BCUT2D eigenvalue weighted by Gasteiger charge is 2.10. The number of hydrogen-bond donors (Lipinski definition) is 2. The summed E-state index contributed by atoms with van der Waals surface area (Å²) in [5, 5.41) is 10.2. The van der Waals surface area contributed by atoms with Gasteiger partial charge in [0.05, 0.1) is 11.3 Å². The number of anilines is 1. The summed E-state index contributed by atoms with van der Waals surface area (Å²) in [6.07, 6.45) is 1.45. The molecule has 0 aliphatic carbocycles.